The zero-order valence-corrected chi connectivity index (χ0v) is 6.97. The summed E-state index contributed by atoms with van der Waals surface area (Å²) in [6.07, 6.45) is 6.24. The molecule has 62 valence electrons. The SMILES string of the molecule is N#CCCNCC1CCCC1. The summed E-state index contributed by atoms with van der Waals surface area (Å²) >= 11 is 0. The Balaban J connectivity index is 1.90. The van der Waals surface area contributed by atoms with Crippen molar-refractivity contribution in [2.75, 3.05) is 13.1 Å². The monoisotopic (exact) mass is 152 g/mol. The Morgan fingerprint density at radius 2 is 2.09 bits per heavy atom. The predicted molar refractivity (Wildman–Crippen MR) is 45.1 cm³/mol. The van der Waals surface area contributed by atoms with E-state index in [2.05, 4.69) is 11.4 Å². The van der Waals surface area contributed by atoms with E-state index in [-0.39, 0.29) is 0 Å². The van der Waals surface area contributed by atoms with Crippen LogP contribution in [0, 0.1) is 17.2 Å². The lowest BCUT2D eigenvalue weighted by atomic mass is 10.1. The Hall–Kier alpha value is -0.550. The highest BCUT2D eigenvalue weighted by Crippen LogP contribution is 2.23. The van der Waals surface area contributed by atoms with E-state index in [4.69, 9.17) is 5.26 Å². The van der Waals surface area contributed by atoms with Crippen molar-refractivity contribution in [2.45, 2.75) is 32.1 Å². The van der Waals surface area contributed by atoms with Crippen molar-refractivity contribution in [3.63, 3.8) is 0 Å². The van der Waals surface area contributed by atoms with Crippen LogP contribution in [0.5, 0.6) is 0 Å². The van der Waals surface area contributed by atoms with Gasteiger partial charge in [0.05, 0.1) is 6.07 Å². The van der Waals surface area contributed by atoms with Crippen molar-refractivity contribution in [2.24, 2.45) is 5.92 Å². The van der Waals surface area contributed by atoms with Gasteiger partial charge in [0, 0.05) is 13.0 Å². The molecule has 0 aromatic heterocycles. The normalized spacial score (nSPS) is 18.5. The molecule has 0 unspecified atom stereocenters. The first-order chi connectivity index (χ1) is 5.43. The van der Waals surface area contributed by atoms with Crippen LogP contribution in [-0.2, 0) is 0 Å². The van der Waals surface area contributed by atoms with Crippen LogP contribution in [0.2, 0.25) is 0 Å². The van der Waals surface area contributed by atoms with E-state index >= 15 is 0 Å². The van der Waals surface area contributed by atoms with E-state index in [0.717, 1.165) is 19.0 Å². The van der Waals surface area contributed by atoms with Crippen LogP contribution in [-0.4, -0.2) is 13.1 Å². The fourth-order valence-corrected chi connectivity index (χ4v) is 1.66. The molecule has 0 radical (unpaired) electrons. The maximum Gasteiger partial charge on any atom is 0.0635 e. The maximum absolute atomic E-state index is 8.27. The molecular formula is C9H16N2. The fraction of sp³-hybridized carbons (Fsp3) is 0.889. The number of nitrogens with zero attached hydrogens (tertiary/aromatic N) is 1. The van der Waals surface area contributed by atoms with Gasteiger partial charge in [-0.25, -0.2) is 0 Å². The van der Waals surface area contributed by atoms with Crippen molar-refractivity contribution in [3.8, 4) is 6.07 Å². The topological polar surface area (TPSA) is 35.8 Å². The third-order valence-corrected chi connectivity index (χ3v) is 2.32. The molecule has 1 aliphatic carbocycles. The molecule has 1 N–H and O–H groups in total. The first kappa shape index (κ1) is 8.55. The summed E-state index contributed by atoms with van der Waals surface area (Å²) in [5, 5.41) is 11.6. The van der Waals surface area contributed by atoms with Crippen LogP contribution in [0.1, 0.15) is 32.1 Å². The molecule has 2 nitrogen and oxygen atoms in total. The standard InChI is InChI=1S/C9H16N2/c10-6-3-7-11-8-9-4-1-2-5-9/h9,11H,1-5,7-8H2. The molecular weight excluding hydrogens is 136 g/mol. The zero-order valence-electron chi connectivity index (χ0n) is 6.97. The summed E-state index contributed by atoms with van der Waals surface area (Å²) in [4.78, 5) is 0. The average molecular weight is 152 g/mol. The van der Waals surface area contributed by atoms with Crippen molar-refractivity contribution < 1.29 is 0 Å². The summed E-state index contributed by atoms with van der Waals surface area (Å²) in [5.74, 6) is 0.897. The molecule has 0 spiro atoms. The molecule has 0 heterocycles. The Kier molecular flexibility index (Phi) is 4.00. The molecule has 1 rings (SSSR count). The molecule has 0 aromatic carbocycles. The minimum absolute atomic E-state index is 0.646. The second-order valence-corrected chi connectivity index (χ2v) is 3.26. The van der Waals surface area contributed by atoms with Gasteiger partial charge in [0.1, 0.15) is 0 Å². The highest BCUT2D eigenvalue weighted by molar-refractivity contribution is 4.73. The fourth-order valence-electron chi connectivity index (χ4n) is 1.66. The third kappa shape index (κ3) is 3.38. The van der Waals surface area contributed by atoms with Crippen LogP contribution in [0.3, 0.4) is 0 Å². The summed E-state index contributed by atoms with van der Waals surface area (Å²) < 4.78 is 0. The molecule has 0 aromatic rings. The maximum atomic E-state index is 8.27. The van der Waals surface area contributed by atoms with Crippen molar-refractivity contribution in [1.82, 2.24) is 5.32 Å². The summed E-state index contributed by atoms with van der Waals surface area (Å²) in [7, 11) is 0. The van der Waals surface area contributed by atoms with Crippen molar-refractivity contribution in [1.29, 1.82) is 5.26 Å². The van der Waals surface area contributed by atoms with Crippen LogP contribution in [0.4, 0.5) is 0 Å². The predicted octanol–water partition coefficient (Wildman–Crippen LogP) is 1.68. The molecule has 0 aliphatic heterocycles. The van der Waals surface area contributed by atoms with Gasteiger partial charge in [0.15, 0.2) is 0 Å². The van der Waals surface area contributed by atoms with E-state index in [1.54, 1.807) is 0 Å². The molecule has 2 heteroatoms. The lowest BCUT2D eigenvalue weighted by molar-refractivity contribution is 0.494. The van der Waals surface area contributed by atoms with E-state index < -0.39 is 0 Å². The molecule has 0 atom stereocenters. The molecule has 1 aliphatic rings. The number of rotatable bonds is 4. The van der Waals surface area contributed by atoms with E-state index in [9.17, 15) is 0 Å². The van der Waals surface area contributed by atoms with E-state index in [1.165, 1.54) is 25.7 Å². The number of hydrogen-bond donors (Lipinski definition) is 1. The summed E-state index contributed by atoms with van der Waals surface area (Å²) in [5.41, 5.74) is 0. The summed E-state index contributed by atoms with van der Waals surface area (Å²) in [6, 6.07) is 2.13. The first-order valence-electron chi connectivity index (χ1n) is 4.51. The number of nitrogens with one attached hydrogen (secondary N) is 1. The largest absolute Gasteiger partial charge is 0.315 e. The van der Waals surface area contributed by atoms with Gasteiger partial charge < -0.3 is 5.32 Å². The first-order valence-corrected chi connectivity index (χ1v) is 4.51. The second kappa shape index (κ2) is 5.15. The molecule has 1 saturated carbocycles. The Morgan fingerprint density at radius 3 is 2.73 bits per heavy atom. The van der Waals surface area contributed by atoms with Gasteiger partial charge in [-0.2, -0.15) is 5.26 Å². The van der Waals surface area contributed by atoms with Crippen LogP contribution in [0.25, 0.3) is 0 Å². The van der Waals surface area contributed by atoms with Gasteiger partial charge in [0.25, 0.3) is 0 Å². The molecule has 11 heavy (non-hydrogen) atoms. The van der Waals surface area contributed by atoms with Gasteiger partial charge in [-0.05, 0) is 25.3 Å². The van der Waals surface area contributed by atoms with Gasteiger partial charge in [-0.15, -0.1) is 0 Å². The Morgan fingerprint density at radius 1 is 1.36 bits per heavy atom. The second-order valence-electron chi connectivity index (χ2n) is 3.26. The van der Waals surface area contributed by atoms with Gasteiger partial charge in [-0.1, -0.05) is 12.8 Å². The highest BCUT2D eigenvalue weighted by Gasteiger charge is 2.13. The van der Waals surface area contributed by atoms with Crippen LogP contribution >= 0.6 is 0 Å². The quantitative estimate of drug-likeness (QED) is 0.622. The lowest BCUT2D eigenvalue weighted by Gasteiger charge is -2.08. The van der Waals surface area contributed by atoms with Crippen molar-refractivity contribution in [3.05, 3.63) is 0 Å². The third-order valence-electron chi connectivity index (χ3n) is 2.32. The average Bonchev–Trinajstić information content (AvgIpc) is 2.50. The minimum Gasteiger partial charge on any atom is -0.315 e. The Labute approximate surface area is 68.6 Å². The van der Waals surface area contributed by atoms with E-state index in [1.807, 2.05) is 0 Å². The zero-order chi connectivity index (χ0) is 7.94. The Bertz CT molecular complexity index is 131. The van der Waals surface area contributed by atoms with Gasteiger partial charge in [-0.3, -0.25) is 0 Å². The van der Waals surface area contributed by atoms with Crippen molar-refractivity contribution >= 4 is 0 Å². The van der Waals surface area contributed by atoms with E-state index in [0.29, 0.717) is 6.42 Å². The molecule has 0 saturated heterocycles. The molecule has 1 fully saturated rings. The summed E-state index contributed by atoms with van der Waals surface area (Å²) in [6.45, 7) is 1.99. The number of nitriles is 1. The van der Waals surface area contributed by atoms with Gasteiger partial charge in [0.2, 0.25) is 0 Å². The lowest BCUT2D eigenvalue weighted by Crippen LogP contribution is -2.21. The van der Waals surface area contributed by atoms with Crippen LogP contribution in [0.15, 0.2) is 0 Å². The minimum atomic E-state index is 0.646. The van der Waals surface area contributed by atoms with Gasteiger partial charge >= 0.3 is 0 Å². The number of hydrogen-bond acceptors (Lipinski definition) is 2. The highest BCUT2D eigenvalue weighted by atomic mass is 14.9. The van der Waals surface area contributed by atoms with Crippen LogP contribution < -0.4 is 5.32 Å². The smallest absolute Gasteiger partial charge is 0.0635 e. The molecule has 0 bridgehead atoms. The molecule has 0 amide bonds.